The number of halogens is 1. The standard InChI is InChI=1S/C17H19FN2O3S/c1-19(16-10-8-15(18)9-11-16)17(21)13-20(24(2,22)23)12-14-6-4-3-5-7-14/h3-11H,12-13H2,1-2H3. The normalized spacial score (nSPS) is 11.5. The van der Waals surface area contributed by atoms with Crippen LogP contribution in [0.3, 0.4) is 0 Å². The number of nitrogens with zero attached hydrogens (tertiary/aromatic N) is 2. The van der Waals surface area contributed by atoms with Crippen LogP contribution >= 0.6 is 0 Å². The SMILES string of the molecule is CN(C(=O)CN(Cc1ccccc1)S(C)(=O)=O)c1ccc(F)cc1. The Morgan fingerprint density at radius 1 is 1.04 bits per heavy atom. The van der Waals surface area contributed by atoms with E-state index in [1.54, 1.807) is 12.1 Å². The highest BCUT2D eigenvalue weighted by atomic mass is 32.2. The van der Waals surface area contributed by atoms with Crippen LogP contribution in [-0.2, 0) is 21.4 Å². The number of anilines is 1. The van der Waals surface area contributed by atoms with Crippen molar-refractivity contribution in [2.75, 3.05) is 24.7 Å². The third-order valence-corrected chi connectivity index (χ3v) is 4.77. The van der Waals surface area contributed by atoms with Crippen molar-refractivity contribution in [1.29, 1.82) is 0 Å². The fourth-order valence-electron chi connectivity index (χ4n) is 2.14. The molecule has 24 heavy (non-hydrogen) atoms. The lowest BCUT2D eigenvalue weighted by atomic mass is 10.2. The van der Waals surface area contributed by atoms with Crippen molar-refractivity contribution in [3.05, 3.63) is 66.0 Å². The highest BCUT2D eigenvalue weighted by Crippen LogP contribution is 2.15. The van der Waals surface area contributed by atoms with Gasteiger partial charge < -0.3 is 4.90 Å². The first-order valence-electron chi connectivity index (χ1n) is 7.28. The summed E-state index contributed by atoms with van der Waals surface area (Å²) >= 11 is 0. The van der Waals surface area contributed by atoms with Crippen molar-refractivity contribution < 1.29 is 17.6 Å². The molecule has 2 aromatic carbocycles. The maximum absolute atomic E-state index is 13.0. The van der Waals surface area contributed by atoms with Gasteiger partial charge in [0.15, 0.2) is 0 Å². The molecule has 0 spiro atoms. The molecule has 0 aliphatic carbocycles. The molecule has 0 bridgehead atoms. The highest BCUT2D eigenvalue weighted by molar-refractivity contribution is 7.88. The molecule has 7 heteroatoms. The number of rotatable bonds is 6. The van der Waals surface area contributed by atoms with Gasteiger partial charge in [0.25, 0.3) is 0 Å². The minimum absolute atomic E-state index is 0.114. The van der Waals surface area contributed by atoms with Crippen molar-refractivity contribution in [3.63, 3.8) is 0 Å². The number of hydrogen-bond acceptors (Lipinski definition) is 3. The molecule has 5 nitrogen and oxygen atoms in total. The molecule has 0 unspecified atom stereocenters. The van der Waals surface area contributed by atoms with Gasteiger partial charge in [-0.25, -0.2) is 12.8 Å². The molecule has 0 aromatic heterocycles. The summed E-state index contributed by atoms with van der Waals surface area (Å²) in [5, 5.41) is 0. The molecular formula is C17H19FN2O3S. The zero-order valence-corrected chi connectivity index (χ0v) is 14.3. The van der Waals surface area contributed by atoms with Gasteiger partial charge in [-0.15, -0.1) is 0 Å². The average molecular weight is 350 g/mol. The molecule has 0 radical (unpaired) electrons. The minimum atomic E-state index is -3.55. The van der Waals surface area contributed by atoms with E-state index in [-0.39, 0.29) is 13.1 Å². The van der Waals surface area contributed by atoms with Crippen LogP contribution in [0.1, 0.15) is 5.56 Å². The number of amides is 1. The molecule has 2 rings (SSSR count). The molecule has 0 heterocycles. The first-order valence-corrected chi connectivity index (χ1v) is 9.13. The first kappa shape index (κ1) is 18.1. The second-order valence-electron chi connectivity index (χ2n) is 5.45. The van der Waals surface area contributed by atoms with Crippen LogP contribution < -0.4 is 4.90 Å². The van der Waals surface area contributed by atoms with E-state index in [4.69, 9.17) is 0 Å². The molecule has 0 aliphatic rings. The Bertz CT molecular complexity index is 792. The van der Waals surface area contributed by atoms with E-state index in [9.17, 15) is 17.6 Å². The predicted octanol–water partition coefficient (Wildman–Crippen LogP) is 2.25. The van der Waals surface area contributed by atoms with Gasteiger partial charge in [-0.05, 0) is 29.8 Å². The number of sulfonamides is 1. The van der Waals surface area contributed by atoms with E-state index in [0.29, 0.717) is 5.69 Å². The first-order chi connectivity index (χ1) is 11.3. The largest absolute Gasteiger partial charge is 0.314 e. The maximum atomic E-state index is 13.0. The quantitative estimate of drug-likeness (QED) is 0.803. The number of carbonyl (C=O) groups is 1. The summed E-state index contributed by atoms with van der Waals surface area (Å²) in [5.41, 5.74) is 1.29. The van der Waals surface area contributed by atoms with Crippen LogP contribution in [0, 0.1) is 5.82 Å². The van der Waals surface area contributed by atoms with E-state index in [2.05, 4.69) is 0 Å². The number of carbonyl (C=O) groups excluding carboxylic acids is 1. The van der Waals surface area contributed by atoms with Gasteiger partial charge in [0.1, 0.15) is 5.82 Å². The molecule has 0 aliphatic heterocycles. The third kappa shape index (κ3) is 4.87. The van der Waals surface area contributed by atoms with Crippen molar-refractivity contribution >= 4 is 21.6 Å². The maximum Gasteiger partial charge on any atom is 0.242 e. The lowest BCUT2D eigenvalue weighted by Gasteiger charge is -2.23. The molecule has 1 amide bonds. The Kier molecular flexibility index (Phi) is 5.69. The van der Waals surface area contributed by atoms with Gasteiger partial charge in [-0.1, -0.05) is 30.3 Å². The molecule has 0 saturated carbocycles. The van der Waals surface area contributed by atoms with E-state index < -0.39 is 21.7 Å². The van der Waals surface area contributed by atoms with Crippen LogP contribution in [-0.4, -0.2) is 38.5 Å². The number of benzene rings is 2. The average Bonchev–Trinajstić information content (AvgIpc) is 2.54. The molecule has 0 atom stereocenters. The van der Waals surface area contributed by atoms with E-state index in [1.165, 1.54) is 36.2 Å². The van der Waals surface area contributed by atoms with Gasteiger partial charge in [-0.3, -0.25) is 4.79 Å². The van der Waals surface area contributed by atoms with Gasteiger partial charge in [0, 0.05) is 19.3 Å². The molecular weight excluding hydrogens is 331 g/mol. The summed E-state index contributed by atoms with van der Waals surface area (Å²) in [6.45, 7) is -0.176. The zero-order valence-electron chi connectivity index (χ0n) is 13.5. The van der Waals surface area contributed by atoms with E-state index in [1.807, 2.05) is 18.2 Å². The van der Waals surface area contributed by atoms with Crippen LogP contribution in [0.25, 0.3) is 0 Å². The van der Waals surface area contributed by atoms with Gasteiger partial charge in [-0.2, -0.15) is 4.31 Å². The van der Waals surface area contributed by atoms with Crippen LogP contribution in [0.15, 0.2) is 54.6 Å². The van der Waals surface area contributed by atoms with Crippen LogP contribution in [0.4, 0.5) is 10.1 Å². The van der Waals surface area contributed by atoms with E-state index in [0.717, 1.165) is 16.1 Å². The third-order valence-electron chi connectivity index (χ3n) is 3.57. The Morgan fingerprint density at radius 3 is 2.17 bits per heavy atom. The van der Waals surface area contributed by atoms with Crippen molar-refractivity contribution in [3.8, 4) is 0 Å². The summed E-state index contributed by atoms with van der Waals surface area (Å²) in [6, 6.07) is 14.5. The molecule has 0 fully saturated rings. The van der Waals surface area contributed by atoms with Crippen molar-refractivity contribution in [2.45, 2.75) is 6.54 Å². The summed E-state index contributed by atoms with van der Waals surface area (Å²) in [6.07, 6.45) is 1.07. The van der Waals surface area contributed by atoms with Crippen molar-refractivity contribution in [2.24, 2.45) is 0 Å². The fourth-order valence-corrected chi connectivity index (χ4v) is 2.87. The van der Waals surface area contributed by atoms with Gasteiger partial charge in [0.2, 0.25) is 15.9 Å². The monoisotopic (exact) mass is 350 g/mol. The summed E-state index contributed by atoms with van der Waals surface area (Å²) < 4.78 is 38.0. The highest BCUT2D eigenvalue weighted by Gasteiger charge is 2.23. The Morgan fingerprint density at radius 2 is 1.62 bits per heavy atom. The van der Waals surface area contributed by atoms with Gasteiger partial charge in [0.05, 0.1) is 12.8 Å². The fraction of sp³-hybridized carbons (Fsp3) is 0.235. The Balaban J connectivity index is 2.14. The summed E-state index contributed by atoms with van der Waals surface area (Å²) in [7, 11) is -2.03. The lowest BCUT2D eigenvalue weighted by Crippen LogP contribution is -2.40. The number of hydrogen-bond donors (Lipinski definition) is 0. The molecule has 0 N–H and O–H groups in total. The predicted molar refractivity (Wildman–Crippen MR) is 91.5 cm³/mol. The molecule has 0 saturated heterocycles. The van der Waals surface area contributed by atoms with Crippen LogP contribution in [0.2, 0.25) is 0 Å². The second kappa shape index (κ2) is 7.55. The van der Waals surface area contributed by atoms with Gasteiger partial charge >= 0.3 is 0 Å². The summed E-state index contributed by atoms with van der Waals surface area (Å²) in [4.78, 5) is 13.7. The lowest BCUT2D eigenvalue weighted by molar-refractivity contribution is -0.118. The summed E-state index contributed by atoms with van der Waals surface area (Å²) in [5.74, 6) is -0.801. The minimum Gasteiger partial charge on any atom is -0.314 e. The second-order valence-corrected chi connectivity index (χ2v) is 7.43. The zero-order chi connectivity index (χ0) is 17.7. The van der Waals surface area contributed by atoms with E-state index >= 15 is 0 Å². The Hall–Kier alpha value is -2.25. The topological polar surface area (TPSA) is 57.7 Å². The Labute approximate surface area is 141 Å². The van der Waals surface area contributed by atoms with Crippen LogP contribution in [0.5, 0.6) is 0 Å². The van der Waals surface area contributed by atoms with Crippen molar-refractivity contribution in [1.82, 2.24) is 4.31 Å². The molecule has 2 aromatic rings. The number of likely N-dealkylation sites (N-methyl/N-ethyl adjacent to an activating group) is 1. The molecule has 128 valence electrons. The smallest absolute Gasteiger partial charge is 0.242 e.